The van der Waals surface area contributed by atoms with Crippen LogP contribution in [-0.2, 0) is 4.79 Å². The second-order valence-corrected chi connectivity index (χ2v) is 6.24. The zero-order chi connectivity index (χ0) is 18.4. The SMILES string of the molecule is C[C@H](Oc1ccccc1)C(=O)NCC[C@@H](O)c1cccc2ccccc12. The summed E-state index contributed by atoms with van der Waals surface area (Å²) in [6.45, 7) is 2.09. The van der Waals surface area contributed by atoms with Crippen LogP contribution in [0.4, 0.5) is 0 Å². The number of aliphatic hydroxyl groups excluding tert-OH is 1. The van der Waals surface area contributed by atoms with Crippen molar-refractivity contribution >= 4 is 16.7 Å². The number of benzene rings is 3. The smallest absolute Gasteiger partial charge is 0.260 e. The molecular formula is C22H23NO3. The Hall–Kier alpha value is -2.85. The molecule has 134 valence electrons. The van der Waals surface area contributed by atoms with Crippen molar-refractivity contribution in [2.24, 2.45) is 0 Å². The Morgan fingerprint density at radius 3 is 2.50 bits per heavy atom. The Labute approximate surface area is 153 Å². The second kappa shape index (κ2) is 8.50. The Morgan fingerprint density at radius 1 is 1.00 bits per heavy atom. The van der Waals surface area contributed by atoms with E-state index in [1.54, 1.807) is 6.92 Å². The van der Waals surface area contributed by atoms with Crippen molar-refractivity contribution in [2.75, 3.05) is 6.54 Å². The summed E-state index contributed by atoms with van der Waals surface area (Å²) in [5.74, 6) is 0.463. The summed E-state index contributed by atoms with van der Waals surface area (Å²) in [7, 11) is 0. The van der Waals surface area contributed by atoms with Crippen molar-refractivity contribution < 1.29 is 14.6 Å². The zero-order valence-electron chi connectivity index (χ0n) is 14.8. The normalized spacial score (nSPS) is 13.2. The van der Waals surface area contributed by atoms with Crippen LogP contribution in [0.25, 0.3) is 10.8 Å². The van der Waals surface area contributed by atoms with Gasteiger partial charge in [-0.05, 0) is 41.8 Å². The van der Waals surface area contributed by atoms with Crippen LogP contribution in [0.2, 0.25) is 0 Å². The van der Waals surface area contributed by atoms with Gasteiger partial charge in [0.25, 0.3) is 5.91 Å². The van der Waals surface area contributed by atoms with Gasteiger partial charge in [0, 0.05) is 6.54 Å². The molecule has 0 aromatic heterocycles. The van der Waals surface area contributed by atoms with Gasteiger partial charge in [-0.25, -0.2) is 0 Å². The minimum atomic E-state index is -0.633. The van der Waals surface area contributed by atoms with Crippen LogP contribution in [0, 0.1) is 0 Å². The molecule has 4 heteroatoms. The van der Waals surface area contributed by atoms with E-state index in [-0.39, 0.29) is 5.91 Å². The Balaban J connectivity index is 1.53. The highest BCUT2D eigenvalue weighted by Gasteiger charge is 2.16. The van der Waals surface area contributed by atoms with Crippen LogP contribution in [0.3, 0.4) is 0 Å². The molecule has 0 spiro atoms. The highest BCUT2D eigenvalue weighted by atomic mass is 16.5. The largest absolute Gasteiger partial charge is 0.481 e. The first kappa shape index (κ1) is 18.0. The number of hydrogen-bond acceptors (Lipinski definition) is 3. The molecule has 4 nitrogen and oxygen atoms in total. The van der Waals surface area contributed by atoms with Gasteiger partial charge in [0.1, 0.15) is 5.75 Å². The van der Waals surface area contributed by atoms with Crippen molar-refractivity contribution in [3.05, 3.63) is 78.4 Å². The molecule has 0 saturated heterocycles. The fourth-order valence-electron chi connectivity index (χ4n) is 2.93. The average Bonchev–Trinajstić information content (AvgIpc) is 2.68. The van der Waals surface area contributed by atoms with E-state index in [4.69, 9.17) is 4.74 Å². The molecule has 0 radical (unpaired) electrons. The van der Waals surface area contributed by atoms with Gasteiger partial charge in [-0.15, -0.1) is 0 Å². The van der Waals surface area contributed by atoms with E-state index in [0.29, 0.717) is 18.7 Å². The van der Waals surface area contributed by atoms with Gasteiger partial charge in [0.05, 0.1) is 6.10 Å². The molecule has 2 N–H and O–H groups in total. The first-order chi connectivity index (χ1) is 12.6. The summed E-state index contributed by atoms with van der Waals surface area (Å²) in [5, 5.41) is 15.5. The first-order valence-electron chi connectivity index (χ1n) is 8.80. The van der Waals surface area contributed by atoms with Crippen LogP contribution in [0.1, 0.15) is 25.0 Å². The minimum Gasteiger partial charge on any atom is -0.481 e. The summed E-state index contributed by atoms with van der Waals surface area (Å²) in [4.78, 5) is 12.2. The number of aliphatic hydroxyl groups is 1. The quantitative estimate of drug-likeness (QED) is 0.681. The Morgan fingerprint density at radius 2 is 1.69 bits per heavy atom. The average molecular weight is 349 g/mol. The molecular weight excluding hydrogens is 326 g/mol. The predicted molar refractivity (Wildman–Crippen MR) is 103 cm³/mol. The monoisotopic (exact) mass is 349 g/mol. The third-order valence-corrected chi connectivity index (χ3v) is 4.32. The van der Waals surface area contributed by atoms with Gasteiger partial charge in [0.2, 0.25) is 0 Å². The molecule has 3 aromatic rings. The third kappa shape index (κ3) is 4.41. The van der Waals surface area contributed by atoms with E-state index in [9.17, 15) is 9.90 Å². The molecule has 26 heavy (non-hydrogen) atoms. The van der Waals surface area contributed by atoms with Gasteiger partial charge in [0.15, 0.2) is 6.10 Å². The third-order valence-electron chi connectivity index (χ3n) is 4.32. The maximum atomic E-state index is 12.2. The van der Waals surface area contributed by atoms with Gasteiger partial charge >= 0.3 is 0 Å². The summed E-state index contributed by atoms with van der Waals surface area (Å²) in [6.07, 6.45) is -0.781. The number of nitrogens with one attached hydrogen (secondary N) is 1. The Kier molecular flexibility index (Phi) is 5.87. The van der Waals surface area contributed by atoms with E-state index in [1.165, 1.54) is 0 Å². The lowest BCUT2D eigenvalue weighted by molar-refractivity contribution is -0.127. The van der Waals surface area contributed by atoms with Crippen LogP contribution < -0.4 is 10.1 Å². The fourth-order valence-corrected chi connectivity index (χ4v) is 2.93. The lowest BCUT2D eigenvalue weighted by Crippen LogP contribution is -2.37. The number of carbonyl (C=O) groups is 1. The minimum absolute atomic E-state index is 0.195. The van der Waals surface area contributed by atoms with Crippen molar-refractivity contribution in [3.8, 4) is 5.75 Å². The standard InChI is InChI=1S/C22H23NO3/c1-16(26-18-10-3-2-4-11-18)22(25)23-15-14-21(24)20-13-7-9-17-8-5-6-12-19(17)20/h2-13,16,21,24H,14-15H2,1H3,(H,23,25)/t16-,21+/m0/s1. The summed E-state index contributed by atoms with van der Waals surface area (Å²) >= 11 is 0. The van der Waals surface area contributed by atoms with Crippen LogP contribution >= 0.6 is 0 Å². The van der Waals surface area contributed by atoms with Gasteiger partial charge < -0.3 is 15.2 Å². The lowest BCUT2D eigenvalue weighted by Gasteiger charge is -2.17. The molecule has 0 bridgehead atoms. The lowest BCUT2D eigenvalue weighted by atomic mass is 9.99. The highest BCUT2D eigenvalue weighted by molar-refractivity contribution is 5.86. The van der Waals surface area contributed by atoms with E-state index in [1.807, 2.05) is 72.8 Å². The summed E-state index contributed by atoms with van der Waals surface area (Å²) in [6, 6.07) is 23.1. The number of para-hydroxylation sites is 1. The molecule has 3 rings (SSSR count). The molecule has 0 saturated carbocycles. The van der Waals surface area contributed by atoms with Crippen LogP contribution in [0.5, 0.6) is 5.75 Å². The molecule has 0 heterocycles. The number of fused-ring (bicyclic) bond motifs is 1. The van der Waals surface area contributed by atoms with E-state index >= 15 is 0 Å². The molecule has 0 aliphatic heterocycles. The predicted octanol–water partition coefficient (Wildman–Crippen LogP) is 3.85. The van der Waals surface area contributed by atoms with Crippen molar-refractivity contribution in [1.29, 1.82) is 0 Å². The van der Waals surface area contributed by atoms with Crippen LogP contribution in [0.15, 0.2) is 72.8 Å². The highest BCUT2D eigenvalue weighted by Crippen LogP contribution is 2.25. The van der Waals surface area contributed by atoms with Crippen molar-refractivity contribution in [1.82, 2.24) is 5.32 Å². The second-order valence-electron chi connectivity index (χ2n) is 6.24. The van der Waals surface area contributed by atoms with Gasteiger partial charge in [-0.2, -0.15) is 0 Å². The molecule has 2 atom stereocenters. The number of rotatable bonds is 7. The number of ether oxygens (including phenoxy) is 1. The van der Waals surface area contributed by atoms with Crippen LogP contribution in [-0.4, -0.2) is 23.7 Å². The maximum absolute atomic E-state index is 12.2. The number of carbonyl (C=O) groups excluding carboxylic acids is 1. The van der Waals surface area contributed by atoms with E-state index in [0.717, 1.165) is 16.3 Å². The van der Waals surface area contributed by atoms with Crippen molar-refractivity contribution in [2.45, 2.75) is 25.6 Å². The molecule has 1 amide bonds. The molecule has 0 aliphatic carbocycles. The molecule has 0 unspecified atom stereocenters. The fraction of sp³-hybridized carbons (Fsp3) is 0.227. The first-order valence-corrected chi connectivity index (χ1v) is 8.80. The summed E-state index contributed by atoms with van der Waals surface area (Å²) < 4.78 is 5.60. The maximum Gasteiger partial charge on any atom is 0.260 e. The van der Waals surface area contributed by atoms with Gasteiger partial charge in [-0.1, -0.05) is 60.7 Å². The van der Waals surface area contributed by atoms with Crippen molar-refractivity contribution in [3.63, 3.8) is 0 Å². The molecule has 0 fully saturated rings. The Bertz CT molecular complexity index is 858. The summed E-state index contributed by atoms with van der Waals surface area (Å²) in [5.41, 5.74) is 0.880. The van der Waals surface area contributed by atoms with Gasteiger partial charge in [-0.3, -0.25) is 4.79 Å². The number of amides is 1. The van der Waals surface area contributed by atoms with E-state index in [2.05, 4.69) is 5.32 Å². The molecule has 3 aromatic carbocycles. The number of hydrogen-bond donors (Lipinski definition) is 2. The van der Waals surface area contributed by atoms with E-state index < -0.39 is 12.2 Å². The topological polar surface area (TPSA) is 58.6 Å². The zero-order valence-corrected chi connectivity index (χ0v) is 14.8. The molecule has 0 aliphatic rings.